The topological polar surface area (TPSA) is 138 Å². The second kappa shape index (κ2) is 9.89. The van der Waals surface area contributed by atoms with E-state index >= 15 is 0 Å². The van der Waals surface area contributed by atoms with E-state index in [1.54, 1.807) is 19.1 Å². The van der Waals surface area contributed by atoms with E-state index in [4.69, 9.17) is 19.9 Å². The first-order valence-corrected chi connectivity index (χ1v) is 11.0. The van der Waals surface area contributed by atoms with Crippen LogP contribution in [0.4, 0.5) is 5.69 Å². The monoisotopic (exact) mass is 477 g/mol. The number of non-ortho nitro benzene ring substituents is 1. The predicted octanol–water partition coefficient (Wildman–Crippen LogP) is 5.33. The highest BCUT2D eigenvalue weighted by atomic mass is 16.6. The lowest BCUT2D eigenvalue weighted by atomic mass is 9.82. The van der Waals surface area contributed by atoms with Crippen LogP contribution in [-0.2, 0) is 19.7 Å². The van der Waals surface area contributed by atoms with Gasteiger partial charge in [0.15, 0.2) is 0 Å². The zero-order chi connectivity index (χ0) is 25.9. The zero-order valence-corrected chi connectivity index (χ0v) is 20.2. The lowest BCUT2D eigenvalue weighted by Crippen LogP contribution is -2.26. The average Bonchev–Trinajstić information content (AvgIpc) is 2.78. The molecule has 0 spiro atoms. The molecular weight excluding hydrogens is 450 g/mol. The Bertz CT molecular complexity index is 1260. The fourth-order valence-corrected chi connectivity index (χ4v) is 3.78. The lowest BCUT2D eigenvalue weighted by Gasteiger charge is -2.28. The number of nitrogens with zero attached hydrogens (tertiary/aromatic N) is 2. The highest BCUT2D eigenvalue weighted by molar-refractivity contribution is 5.93. The molecule has 0 aromatic heterocycles. The van der Waals surface area contributed by atoms with Gasteiger partial charge in [0.2, 0.25) is 5.88 Å². The van der Waals surface area contributed by atoms with Gasteiger partial charge in [0, 0.05) is 17.7 Å². The van der Waals surface area contributed by atoms with Gasteiger partial charge < -0.3 is 19.9 Å². The quantitative estimate of drug-likeness (QED) is 0.335. The summed E-state index contributed by atoms with van der Waals surface area (Å²) in [7, 11) is 0. The summed E-state index contributed by atoms with van der Waals surface area (Å²) in [6.45, 7) is 9.52. The van der Waals surface area contributed by atoms with Gasteiger partial charge in [-0.15, -0.1) is 0 Å². The minimum Gasteiger partial charge on any atom is -0.463 e. The van der Waals surface area contributed by atoms with Crippen molar-refractivity contribution in [2.45, 2.75) is 46.0 Å². The first-order valence-electron chi connectivity index (χ1n) is 11.0. The van der Waals surface area contributed by atoms with Gasteiger partial charge in [0.05, 0.1) is 23.0 Å². The Labute approximate surface area is 203 Å². The third-order valence-electron chi connectivity index (χ3n) is 5.56. The van der Waals surface area contributed by atoms with Crippen LogP contribution < -0.4 is 10.5 Å². The van der Waals surface area contributed by atoms with Gasteiger partial charge >= 0.3 is 5.97 Å². The van der Waals surface area contributed by atoms with E-state index in [9.17, 15) is 20.2 Å². The number of nitro groups is 1. The number of carbonyl (C=O) groups is 1. The number of hydrogen-bond donors (Lipinski definition) is 1. The maximum absolute atomic E-state index is 12.9. The van der Waals surface area contributed by atoms with E-state index in [-0.39, 0.29) is 51.8 Å². The number of nitrogens with two attached hydrogens (primary N) is 1. The van der Waals surface area contributed by atoms with E-state index in [0.717, 1.165) is 5.56 Å². The Kier molecular flexibility index (Phi) is 7.15. The highest BCUT2D eigenvalue weighted by Gasteiger charge is 2.38. The van der Waals surface area contributed by atoms with E-state index in [1.165, 1.54) is 25.1 Å². The summed E-state index contributed by atoms with van der Waals surface area (Å²) in [4.78, 5) is 23.9. The van der Waals surface area contributed by atoms with Crippen LogP contribution in [0.1, 0.15) is 51.7 Å². The van der Waals surface area contributed by atoms with Crippen LogP contribution in [0.5, 0.6) is 11.5 Å². The number of benzene rings is 2. The van der Waals surface area contributed by atoms with Crippen LogP contribution in [0.25, 0.3) is 0 Å². The summed E-state index contributed by atoms with van der Waals surface area (Å²) < 4.78 is 16.7. The van der Waals surface area contributed by atoms with E-state index in [1.807, 2.05) is 18.2 Å². The normalized spacial score (nSPS) is 15.8. The lowest BCUT2D eigenvalue weighted by molar-refractivity contribution is -0.384. The third kappa shape index (κ3) is 5.27. The number of esters is 1. The van der Waals surface area contributed by atoms with Crippen molar-refractivity contribution in [1.82, 2.24) is 0 Å². The number of nitriles is 1. The molecule has 35 heavy (non-hydrogen) atoms. The minimum atomic E-state index is -1.09. The fraction of sp³-hybridized carbons (Fsp3) is 0.308. The van der Waals surface area contributed by atoms with Gasteiger partial charge in [-0.3, -0.25) is 10.1 Å². The van der Waals surface area contributed by atoms with Crippen molar-refractivity contribution in [1.29, 1.82) is 5.26 Å². The minimum absolute atomic E-state index is 0.0195. The number of allylic oxidation sites excluding steroid dienone is 2. The molecule has 2 N–H and O–H groups in total. The molecule has 0 saturated carbocycles. The van der Waals surface area contributed by atoms with Gasteiger partial charge in [0.25, 0.3) is 5.69 Å². The summed E-state index contributed by atoms with van der Waals surface area (Å²) in [6, 6.07) is 13.4. The summed E-state index contributed by atoms with van der Waals surface area (Å²) in [5.41, 5.74) is 6.94. The molecule has 1 heterocycles. The van der Waals surface area contributed by atoms with Crippen molar-refractivity contribution in [2.75, 3.05) is 6.61 Å². The first-order chi connectivity index (χ1) is 16.5. The van der Waals surface area contributed by atoms with Crippen LogP contribution >= 0.6 is 0 Å². The summed E-state index contributed by atoms with van der Waals surface area (Å²) in [6.07, 6.45) is 0. The Hall–Kier alpha value is -4.32. The third-order valence-corrected chi connectivity index (χ3v) is 5.56. The molecule has 0 bridgehead atoms. The van der Waals surface area contributed by atoms with Gasteiger partial charge in [-0.1, -0.05) is 32.9 Å². The largest absolute Gasteiger partial charge is 0.463 e. The summed E-state index contributed by atoms with van der Waals surface area (Å²) in [5.74, 6) is -1.17. The molecule has 0 radical (unpaired) electrons. The van der Waals surface area contributed by atoms with E-state index in [2.05, 4.69) is 20.8 Å². The number of carbonyl (C=O) groups excluding carboxylic acids is 1. The molecule has 1 aliphatic rings. The molecule has 1 aliphatic heterocycles. The van der Waals surface area contributed by atoms with Gasteiger partial charge in [0.1, 0.15) is 28.9 Å². The molecule has 1 atom stereocenters. The molecular formula is C26H27N3O6. The second-order valence-electron chi connectivity index (χ2n) is 8.97. The zero-order valence-electron chi connectivity index (χ0n) is 20.2. The highest BCUT2D eigenvalue weighted by Crippen LogP contribution is 2.45. The number of rotatable bonds is 6. The molecule has 1 unspecified atom stereocenters. The summed E-state index contributed by atoms with van der Waals surface area (Å²) >= 11 is 0. The molecule has 2 aromatic carbocycles. The van der Waals surface area contributed by atoms with Crippen molar-refractivity contribution >= 4 is 11.7 Å². The van der Waals surface area contributed by atoms with Crippen LogP contribution in [0.15, 0.2) is 65.3 Å². The molecule has 9 nitrogen and oxygen atoms in total. The Morgan fingerprint density at radius 1 is 1.23 bits per heavy atom. The molecule has 9 heteroatoms. The molecule has 0 aliphatic carbocycles. The average molecular weight is 478 g/mol. The second-order valence-corrected chi connectivity index (χ2v) is 8.97. The standard InChI is InChI=1S/C26H27N3O6/c1-6-33-25(30)22-15(2)34-24(28)20(14-27)23(22)19-13-17(29(31)32)9-12-21(19)35-18-10-7-16(8-11-18)26(3,4)5/h7-13,23H,6,28H2,1-5H3. The predicted molar refractivity (Wildman–Crippen MR) is 128 cm³/mol. The first kappa shape index (κ1) is 25.3. The number of ether oxygens (including phenoxy) is 3. The van der Waals surface area contributed by atoms with Crippen molar-refractivity contribution in [3.8, 4) is 17.6 Å². The molecule has 2 aromatic rings. The number of nitro benzene ring substituents is 1. The van der Waals surface area contributed by atoms with Gasteiger partial charge in [-0.05, 0) is 43.0 Å². The van der Waals surface area contributed by atoms with Gasteiger partial charge in [-0.25, -0.2) is 4.79 Å². The smallest absolute Gasteiger partial charge is 0.338 e. The van der Waals surface area contributed by atoms with Crippen molar-refractivity contribution in [3.63, 3.8) is 0 Å². The maximum atomic E-state index is 12.9. The van der Waals surface area contributed by atoms with Crippen LogP contribution in [0.2, 0.25) is 0 Å². The Morgan fingerprint density at radius 3 is 2.43 bits per heavy atom. The van der Waals surface area contributed by atoms with Crippen molar-refractivity contribution in [2.24, 2.45) is 5.73 Å². The molecule has 0 amide bonds. The SMILES string of the molecule is CCOC(=O)C1=C(C)OC(N)=C(C#N)C1c1cc([N+](=O)[O-])ccc1Oc1ccc(C(C)(C)C)cc1. The van der Waals surface area contributed by atoms with Crippen molar-refractivity contribution in [3.05, 3.63) is 86.5 Å². The van der Waals surface area contributed by atoms with Crippen molar-refractivity contribution < 1.29 is 23.9 Å². The summed E-state index contributed by atoms with van der Waals surface area (Å²) in [5, 5.41) is 21.4. The molecule has 0 saturated heterocycles. The van der Waals surface area contributed by atoms with E-state index < -0.39 is 16.8 Å². The number of hydrogen-bond acceptors (Lipinski definition) is 8. The Morgan fingerprint density at radius 2 is 1.89 bits per heavy atom. The molecule has 3 rings (SSSR count). The molecule has 0 fully saturated rings. The Balaban J connectivity index is 2.19. The molecule has 182 valence electrons. The van der Waals surface area contributed by atoms with Crippen LogP contribution in [0.3, 0.4) is 0 Å². The van der Waals surface area contributed by atoms with Crippen LogP contribution in [0, 0.1) is 21.4 Å². The van der Waals surface area contributed by atoms with Gasteiger partial charge in [-0.2, -0.15) is 5.26 Å². The fourth-order valence-electron chi connectivity index (χ4n) is 3.78. The maximum Gasteiger partial charge on any atom is 0.338 e. The van der Waals surface area contributed by atoms with E-state index in [0.29, 0.717) is 5.75 Å². The van der Waals surface area contributed by atoms with Crippen LogP contribution in [-0.4, -0.2) is 17.5 Å².